The van der Waals surface area contributed by atoms with E-state index in [0.717, 1.165) is 19.4 Å². The third kappa shape index (κ3) is 3.69. The molecule has 0 saturated heterocycles. The van der Waals surface area contributed by atoms with E-state index in [1.165, 1.54) is 18.4 Å². The first-order valence-electron chi connectivity index (χ1n) is 7.55. The van der Waals surface area contributed by atoms with E-state index in [9.17, 15) is 4.79 Å². The highest BCUT2D eigenvalue weighted by atomic mass is 16.5. The fourth-order valence-corrected chi connectivity index (χ4v) is 2.72. The summed E-state index contributed by atoms with van der Waals surface area (Å²) in [6, 6.07) is 13.9. The maximum absolute atomic E-state index is 12.0. The lowest BCUT2D eigenvalue weighted by Gasteiger charge is -2.10. The molecule has 1 aromatic heterocycles. The first-order chi connectivity index (χ1) is 10.3. The number of nitrogens with zero attached hydrogens (tertiary/aromatic N) is 1. The second-order valence-corrected chi connectivity index (χ2v) is 5.56. The number of aromatic nitrogens is 1. The SMILES string of the molecule is O=C(OC1CCCC1)c1cc[n+](Cc2ccccc2)cc1. The van der Waals surface area contributed by atoms with E-state index in [1.54, 1.807) is 0 Å². The first kappa shape index (κ1) is 13.8. The van der Waals surface area contributed by atoms with Gasteiger partial charge in [-0.2, -0.15) is 0 Å². The molecule has 1 saturated carbocycles. The lowest BCUT2D eigenvalue weighted by Crippen LogP contribution is -2.33. The van der Waals surface area contributed by atoms with E-state index in [1.807, 2.05) is 42.7 Å². The molecule has 1 aliphatic carbocycles. The van der Waals surface area contributed by atoms with E-state index < -0.39 is 0 Å². The van der Waals surface area contributed by atoms with E-state index >= 15 is 0 Å². The summed E-state index contributed by atoms with van der Waals surface area (Å²) in [5.74, 6) is -0.200. The molecule has 2 aromatic rings. The Morgan fingerprint density at radius 3 is 2.38 bits per heavy atom. The fraction of sp³-hybridized carbons (Fsp3) is 0.333. The minimum absolute atomic E-state index is 0.120. The monoisotopic (exact) mass is 282 g/mol. The average molecular weight is 282 g/mol. The van der Waals surface area contributed by atoms with E-state index in [-0.39, 0.29) is 12.1 Å². The average Bonchev–Trinajstić information content (AvgIpc) is 3.02. The number of esters is 1. The summed E-state index contributed by atoms with van der Waals surface area (Å²) in [6.07, 6.45) is 8.33. The predicted molar refractivity (Wildman–Crippen MR) is 79.9 cm³/mol. The van der Waals surface area contributed by atoms with Gasteiger partial charge in [0.1, 0.15) is 6.10 Å². The summed E-state index contributed by atoms with van der Waals surface area (Å²) in [6.45, 7) is 0.804. The van der Waals surface area contributed by atoms with Crippen LogP contribution in [0.15, 0.2) is 54.9 Å². The molecule has 3 nitrogen and oxygen atoms in total. The zero-order valence-electron chi connectivity index (χ0n) is 12.1. The van der Waals surface area contributed by atoms with Crippen molar-refractivity contribution in [2.45, 2.75) is 38.3 Å². The van der Waals surface area contributed by atoms with Crippen LogP contribution in [0.1, 0.15) is 41.6 Å². The van der Waals surface area contributed by atoms with Crippen LogP contribution in [0.25, 0.3) is 0 Å². The summed E-state index contributed by atoms with van der Waals surface area (Å²) < 4.78 is 7.56. The van der Waals surface area contributed by atoms with Crippen LogP contribution in [-0.2, 0) is 11.3 Å². The van der Waals surface area contributed by atoms with Gasteiger partial charge in [-0.25, -0.2) is 9.36 Å². The van der Waals surface area contributed by atoms with Crippen molar-refractivity contribution < 1.29 is 14.1 Å². The van der Waals surface area contributed by atoms with Crippen LogP contribution < -0.4 is 4.57 Å². The summed E-state index contributed by atoms with van der Waals surface area (Å²) in [5.41, 5.74) is 1.87. The number of hydrogen-bond acceptors (Lipinski definition) is 2. The van der Waals surface area contributed by atoms with E-state index in [2.05, 4.69) is 16.7 Å². The van der Waals surface area contributed by atoms with Gasteiger partial charge in [0.25, 0.3) is 0 Å². The fourth-order valence-electron chi connectivity index (χ4n) is 2.72. The second-order valence-electron chi connectivity index (χ2n) is 5.56. The topological polar surface area (TPSA) is 30.2 Å². The van der Waals surface area contributed by atoms with Crippen LogP contribution in [0, 0.1) is 0 Å². The molecule has 1 aliphatic rings. The van der Waals surface area contributed by atoms with Gasteiger partial charge in [0.05, 0.1) is 5.56 Å². The summed E-state index contributed by atoms with van der Waals surface area (Å²) in [7, 11) is 0. The molecule has 0 atom stereocenters. The number of pyridine rings is 1. The minimum atomic E-state index is -0.200. The summed E-state index contributed by atoms with van der Waals surface area (Å²) in [5, 5.41) is 0. The van der Waals surface area contributed by atoms with Crippen LogP contribution in [-0.4, -0.2) is 12.1 Å². The highest BCUT2D eigenvalue weighted by molar-refractivity contribution is 5.89. The van der Waals surface area contributed by atoms with Gasteiger partial charge < -0.3 is 4.74 Å². The molecule has 0 radical (unpaired) electrons. The van der Waals surface area contributed by atoms with Gasteiger partial charge in [0.15, 0.2) is 18.9 Å². The van der Waals surface area contributed by atoms with Gasteiger partial charge in [-0.1, -0.05) is 30.3 Å². The Hall–Kier alpha value is -2.16. The van der Waals surface area contributed by atoms with Crippen LogP contribution >= 0.6 is 0 Å². The zero-order chi connectivity index (χ0) is 14.5. The molecular weight excluding hydrogens is 262 g/mol. The smallest absolute Gasteiger partial charge is 0.338 e. The van der Waals surface area contributed by atoms with Gasteiger partial charge in [-0.3, -0.25) is 0 Å². The molecule has 0 amide bonds. The van der Waals surface area contributed by atoms with Crippen LogP contribution in [0.4, 0.5) is 0 Å². The predicted octanol–water partition coefficient (Wildman–Crippen LogP) is 3.12. The first-order valence-corrected chi connectivity index (χ1v) is 7.55. The van der Waals surface area contributed by atoms with Crippen molar-refractivity contribution in [3.8, 4) is 0 Å². The maximum Gasteiger partial charge on any atom is 0.338 e. The summed E-state index contributed by atoms with van der Waals surface area (Å²) in [4.78, 5) is 12.0. The van der Waals surface area contributed by atoms with Gasteiger partial charge in [-0.05, 0) is 25.7 Å². The largest absolute Gasteiger partial charge is 0.459 e. The molecule has 1 aromatic carbocycles. The molecule has 0 spiro atoms. The van der Waals surface area contributed by atoms with E-state index in [0.29, 0.717) is 5.56 Å². The third-order valence-corrected chi connectivity index (χ3v) is 3.91. The standard InChI is InChI=1S/C18H20NO2/c20-18(21-17-8-4-5-9-17)16-10-12-19(13-11-16)14-15-6-2-1-3-7-15/h1-3,6-7,10-13,17H,4-5,8-9,14H2/q+1. The van der Waals surface area contributed by atoms with Gasteiger partial charge in [-0.15, -0.1) is 0 Å². The Morgan fingerprint density at radius 1 is 1.05 bits per heavy atom. The molecule has 0 aliphatic heterocycles. The lowest BCUT2D eigenvalue weighted by molar-refractivity contribution is -0.688. The molecule has 1 heterocycles. The Balaban J connectivity index is 1.62. The number of carbonyl (C=O) groups excluding carboxylic acids is 1. The van der Waals surface area contributed by atoms with Crippen molar-refractivity contribution in [1.82, 2.24) is 0 Å². The van der Waals surface area contributed by atoms with Crippen LogP contribution in [0.5, 0.6) is 0 Å². The molecular formula is C18H20NO2+. The maximum atomic E-state index is 12.0. The number of benzene rings is 1. The molecule has 3 rings (SSSR count). The van der Waals surface area contributed by atoms with Gasteiger partial charge in [0.2, 0.25) is 0 Å². The quantitative estimate of drug-likeness (QED) is 0.637. The van der Waals surface area contributed by atoms with Crippen molar-refractivity contribution in [3.63, 3.8) is 0 Å². The van der Waals surface area contributed by atoms with Crippen molar-refractivity contribution in [2.75, 3.05) is 0 Å². The molecule has 0 N–H and O–H groups in total. The number of carbonyl (C=O) groups is 1. The van der Waals surface area contributed by atoms with Crippen molar-refractivity contribution >= 4 is 5.97 Å². The normalized spacial score (nSPS) is 15.0. The highest BCUT2D eigenvalue weighted by Crippen LogP contribution is 2.21. The second kappa shape index (κ2) is 6.53. The van der Waals surface area contributed by atoms with E-state index in [4.69, 9.17) is 4.74 Å². The Kier molecular flexibility index (Phi) is 4.29. The Bertz CT molecular complexity index is 586. The molecule has 0 unspecified atom stereocenters. The molecule has 1 fully saturated rings. The van der Waals surface area contributed by atoms with Gasteiger partial charge >= 0.3 is 5.97 Å². The molecule has 3 heteroatoms. The van der Waals surface area contributed by atoms with Crippen molar-refractivity contribution in [3.05, 3.63) is 66.0 Å². The van der Waals surface area contributed by atoms with Gasteiger partial charge in [0, 0.05) is 17.7 Å². The van der Waals surface area contributed by atoms with Crippen molar-refractivity contribution in [1.29, 1.82) is 0 Å². The minimum Gasteiger partial charge on any atom is -0.459 e. The van der Waals surface area contributed by atoms with Crippen LogP contribution in [0.2, 0.25) is 0 Å². The Morgan fingerprint density at radius 2 is 1.71 bits per heavy atom. The number of ether oxygens (including phenoxy) is 1. The molecule has 0 bridgehead atoms. The number of hydrogen-bond donors (Lipinski definition) is 0. The molecule has 21 heavy (non-hydrogen) atoms. The third-order valence-electron chi connectivity index (χ3n) is 3.91. The van der Waals surface area contributed by atoms with Crippen LogP contribution in [0.3, 0.4) is 0 Å². The Labute approximate surface area is 125 Å². The zero-order valence-corrected chi connectivity index (χ0v) is 12.1. The lowest BCUT2D eigenvalue weighted by atomic mass is 10.2. The molecule has 108 valence electrons. The summed E-state index contributed by atoms with van der Waals surface area (Å²) >= 11 is 0. The highest BCUT2D eigenvalue weighted by Gasteiger charge is 2.20. The van der Waals surface area contributed by atoms with Crippen molar-refractivity contribution in [2.24, 2.45) is 0 Å². The number of rotatable bonds is 4.